The molecule has 5 rings (SSSR count). The van der Waals surface area contributed by atoms with Gasteiger partial charge in [0.05, 0.1) is 18.6 Å². The largest absolute Gasteiger partial charge is 0.403 e. The van der Waals surface area contributed by atoms with E-state index in [1.807, 2.05) is 47.8 Å². The van der Waals surface area contributed by atoms with E-state index in [9.17, 15) is 5.26 Å². The third-order valence-corrected chi connectivity index (χ3v) is 12.5. The fourth-order valence-corrected chi connectivity index (χ4v) is 10.2. The molecule has 2 aromatic carbocycles. The maximum Gasteiger partial charge on any atom is 0.261 e. The van der Waals surface area contributed by atoms with Crippen LogP contribution in [0.5, 0.6) is 0 Å². The van der Waals surface area contributed by atoms with Gasteiger partial charge in [-0.1, -0.05) is 81.4 Å². The Kier molecular flexibility index (Phi) is 7.60. The van der Waals surface area contributed by atoms with Crippen molar-refractivity contribution in [1.29, 1.82) is 5.26 Å². The van der Waals surface area contributed by atoms with Crippen LogP contribution in [0.4, 0.5) is 5.82 Å². The fraction of sp³-hybridized carbons (Fsp3) is 0.355. The molecule has 2 aromatic heterocycles. The fourth-order valence-electron chi connectivity index (χ4n) is 5.62. The lowest BCUT2D eigenvalue weighted by molar-refractivity contribution is -0.0346. The number of hydrogen-bond acceptors (Lipinski definition) is 6. The first-order valence-electron chi connectivity index (χ1n) is 13.6. The summed E-state index contributed by atoms with van der Waals surface area (Å²) in [4.78, 5) is 10.7. The average molecular weight is 553 g/mol. The van der Waals surface area contributed by atoms with Crippen molar-refractivity contribution >= 4 is 36.4 Å². The Labute approximate surface area is 237 Å². The van der Waals surface area contributed by atoms with Crippen LogP contribution in [0.2, 0.25) is 5.04 Å². The minimum Gasteiger partial charge on any atom is -0.403 e. The number of ether oxygens (including phenoxy) is 1. The Morgan fingerprint density at radius 3 is 2.33 bits per heavy atom. The number of aliphatic imine (C=N–C) groups is 1. The zero-order valence-corrected chi connectivity index (χ0v) is 24.8. The van der Waals surface area contributed by atoms with Crippen LogP contribution < -0.4 is 10.4 Å². The first-order valence-corrected chi connectivity index (χ1v) is 15.5. The van der Waals surface area contributed by atoms with Crippen molar-refractivity contribution in [2.24, 2.45) is 4.99 Å². The van der Waals surface area contributed by atoms with Gasteiger partial charge in [-0.2, -0.15) is 10.4 Å². The van der Waals surface area contributed by atoms with Gasteiger partial charge in [0, 0.05) is 14.1 Å². The molecule has 0 N–H and O–H groups in total. The summed E-state index contributed by atoms with van der Waals surface area (Å²) in [6, 6.07) is 27.4. The molecule has 1 aliphatic rings. The third kappa shape index (κ3) is 5.06. The van der Waals surface area contributed by atoms with Gasteiger partial charge in [0.25, 0.3) is 8.32 Å². The lowest BCUT2D eigenvalue weighted by Crippen LogP contribution is -2.67. The van der Waals surface area contributed by atoms with Crippen molar-refractivity contribution in [2.45, 2.75) is 50.4 Å². The second kappa shape index (κ2) is 11.0. The SMILES string of the molecule is CN(C)C=Nc1ncnn2c([C@@H]3CC[C@@](C#N)(CO[Si](c4ccccc4)(c4ccccc4)C(C)(C)C)O3)ccc12. The quantitative estimate of drug-likeness (QED) is 0.180. The van der Waals surface area contributed by atoms with Crippen LogP contribution in [0.15, 0.2) is 84.1 Å². The first-order chi connectivity index (χ1) is 19.2. The number of fused-ring (bicyclic) bond motifs is 1. The van der Waals surface area contributed by atoms with Crippen molar-refractivity contribution in [1.82, 2.24) is 19.5 Å². The Morgan fingerprint density at radius 1 is 1.10 bits per heavy atom. The molecule has 4 aromatic rings. The molecular weight excluding hydrogens is 516 g/mol. The highest BCUT2D eigenvalue weighted by Crippen LogP contribution is 2.43. The van der Waals surface area contributed by atoms with Gasteiger partial charge < -0.3 is 14.1 Å². The number of nitriles is 1. The zero-order chi connectivity index (χ0) is 28.4. The summed E-state index contributed by atoms with van der Waals surface area (Å²) in [5.41, 5.74) is 0.597. The van der Waals surface area contributed by atoms with E-state index in [4.69, 9.17) is 9.16 Å². The number of rotatable bonds is 8. The highest BCUT2D eigenvalue weighted by Gasteiger charge is 2.53. The van der Waals surface area contributed by atoms with Crippen LogP contribution in [0.25, 0.3) is 5.52 Å². The van der Waals surface area contributed by atoms with E-state index in [2.05, 4.69) is 90.4 Å². The highest BCUT2D eigenvalue weighted by molar-refractivity contribution is 6.99. The minimum absolute atomic E-state index is 0.184. The smallest absolute Gasteiger partial charge is 0.261 e. The highest BCUT2D eigenvalue weighted by atomic mass is 28.4. The lowest BCUT2D eigenvalue weighted by Gasteiger charge is -2.44. The summed E-state index contributed by atoms with van der Waals surface area (Å²) in [5, 5.41) is 17.1. The molecule has 9 heteroatoms. The molecular formula is C31H36N6O2Si. The Hall–Kier alpha value is -3.84. The van der Waals surface area contributed by atoms with Gasteiger partial charge in [-0.05, 0) is 40.4 Å². The summed E-state index contributed by atoms with van der Waals surface area (Å²) < 4.78 is 15.5. The number of hydrogen-bond donors (Lipinski definition) is 0. The van der Waals surface area contributed by atoms with E-state index in [1.54, 1.807) is 6.34 Å². The standard InChI is InChI=1S/C31H36N6O2Si/c1-30(2,3)40(24-12-8-6-9-13-24,25-14-10-7-11-15-25)38-21-31(20-32)19-18-28(39-31)26-16-17-27-29(34-23-36(4)5)33-22-35-37(26)27/h6-17,22-23,28H,18-19,21H2,1-5H3/t28-,31+/m0/s1. The molecule has 0 amide bonds. The van der Waals surface area contributed by atoms with Crippen LogP contribution in [-0.4, -0.2) is 60.5 Å². The van der Waals surface area contributed by atoms with Crippen molar-refractivity contribution < 1.29 is 9.16 Å². The zero-order valence-electron chi connectivity index (χ0n) is 23.8. The third-order valence-electron chi connectivity index (χ3n) is 7.52. The predicted octanol–water partition coefficient (Wildman–Crippen LogP) is 4.64. The molecule has 8 nitrogen and oxygen atoms in total. The van der Waals surface area contributed by atoms with Crippen molar-refractivity contribution in [3.8, 4) is 6.07 Å². The molecule has 3 heterocycles. The molecule has 2 atom stereocenters. The number of benzene rings is 2. The van der Waals surface area contributed by atoms with Crippen LogP contribution in [0, 0.1) is 11.3 Å². The summed E-state index contributed by atoms with van der Waals surface area (Å²) in [6.07, 6.45) is 4.16. The molecule has 0 bridgehead atoms. The monoisotopic (exact) mass is 552 g/mol. The molecule has 1 saturated heterocycles. The molecule has 0 saturated carbocycles. The molecule has 0 aliphatic carbocycles. The maximum absolute atomic E-state index is 10.5. The summed E-state index contributed by atoms with van der Waals surface area (Å²) >= 11 is 0. The number of aromatic nitrogens is 3. The molecule has 1 aliphatic heterocycles. The van der Waals surface area contributed by atoms with Gasteiger partial charge in [-0.3, -0.25) is 0 Å². The van der Waals surface area contributed by atoms with E-state index in [-0.39, 0.29) is 17.7 Å². The summed E-state index contributed by atoms with van der Waals surface area (Å²) in [5.74, 6) is 0.578. The van der Waals surface area contributed by atoms with Crippen LogP contribution in [0.1, 0.15) is 45.4 Å². The Morgan fingerprint density at radius 2 is 1.75 bits per heavy atom. The Balaban J connectivity index is 1.46. The van der Waals surface area contributed by atoms with Gasteiger partial charge in [0.15, 0.2) is 11.4 Å². The van der Waals surface area contributed by atoms with Crippen LogP contribution in [0.3, 0.4) is 0 Å². The van der Waals surface area contributed by atoms with Gasteiger partial charge in [-0.25, -0.2) is 14.5 Å². The molecule has 0 unspecified atom stereocenters. The topological polar surface area (TPSA) is 88.0 Å². The van der Waals surface area contributed by atoms with Crippen molar-refractivity contribution in [2.75, 3.05) is 20.7 Å². The van der Waals surface area contributed by atoms with E-state index in [0.717, 1.165) is 11.2 Å². The van der Waals surface area contributed by atoms with E-state index < -0.39 is 13.9 Å². The normalized spacial score (nSPS) is 19.8. The second-order valence-corrected chi connectivity index (χ2v) is 15.9. The van der Waals surface area contributed by atoms with Crippen molar-refractivity contribution in [3.63, 3.8) is 0 Å². The summed E-state index contributed by atoms with van der Waals surface area (Å²) in [6.45, 7) is 6.89. The molecule has 1 fully saturated rings. The summed E-state index contributed by atoms with van der Waals surface area (Å²) in [7, 11) is 1.01. The van der Waals surface area contributed by atoms with Gasteiger partial charge in [0.1, 0.15) is 24.0 Å². The predicted molar refractivity (Wildman–Crippen MR) is 160 cm³/mol. The van der Waals surface area contributed by atoms with Crippen LogP contribution >= 0.6 is 0 Å². The number of nitrogens with zero attached hydrogens (tertiary/aromatic N) is 6. The Bertz CT molecular complexity index is 1480. The van der Waals surface area contributed by atoms with Crippen molar-refractivity contribution in [3.05, 3.63) is 84.8 Å². The maximum atomic E-state index is 10.5. The minimum atomic E-state index is -2.81. The second-order valence-electron chi connectivity index (χ2n) is 11.6. The first kappa shape index (κ1) is 27.7. The van der Waals surface area contributed by atoms with E-state index in [0.29, 0.717) is 18.7 Å². The molecule has 0 radical (unpaired) electrons. The molecule has 40 heavy (non-hydrogen) atoms. The van der Waals surface area contributed by atoms with Gasteiger partial charge in [0.2, 0.25) is 0 Å². The molecule has 0 spiro atoms. The van der Waals surface area contributed by atoms with E-state index in [1.165, 1.54) is 16.7 Å². The molecule has 206 valence electrons. The van der Waals surface area contributed by atoms with Gasteiger partial charge in [-0.15, -0.1) is 0 Å². The van der Waals surface area contributed by atoms with E-state index >= 15 is 0 Å². The van der Waals surface area contributed by atoms with Crippen LogP contribution in [-0.2, 0) is 9.16 Å². The average Bonchev–Trinajstić information content (AvgIpc) is 3.58. The van der Waals surface area contributed by atoms with Gasteiger partial charge >= 0.3 is 0 Å². The lowest BCUT2D eigenvalue weighted by atomic mass is 10.0.